The van der Waals surface area contributed by atoms with E-state index in [1.54, 1.807) is 12.1 Å². The first kappa shape index (κ1) is 14.5. The molecule has 118 valence electrons. The van der Waals surface area contributed by atoms with Gasteiger partial charge in [-0.1, -0.05) is 12.8 Å². The van der Waals surface area contributed by atoms with Crippen molar-refractivity contribution < 1.29 is 5.11 Å². The van der Waals surface area contributed by atoms with E-state index in [1.807, 2.05) is 12.1 Å². The third kappa shape index (κ3) is 3.15. The molecule has 4 rings (SSSR count). The van der Waals surface area contributed by atoms with Crippen molar-refractivity contribution >= 4 is 28.7 Å². The number of phenolic OH excluding ortho intramolecular Hbond substituents is 1. The first-order valence-corrected chi connectivity index (χ1v) is 8.81. The van der Waals surface area contributed by atoms with E-state index in [0.29, 0.717) is 5.92 Å². The molecule has 0 amide bonds. The van der Waals surface area contributed by atoms with Crippen LogP contribution in [0, 0.1) is 0 Å². The highest BCUT2D eigenvalue weighted by Crippen LogP contribution is 2.34. The largest absolute Gasteiger partial charge is 0.508 e. The van der Waals surface area contributed by atoms with Crippen LogP contribution in [-0.2, 0) is 0 Å². The van der Waals surface area contributed by atoms with Gasteiger partial charge < -0.3 is 14.8 Å². The molecule has 0 radical (unpaired) electrons. The molecule has 3 N–H and O–H groups in total. The molecule has 1 aliphatic carbocycles. The second-order valence-electron chi connectivity index (χ2n) is 6.03. The van der Waals surface area contributed by atoms with Crippen molar-refractivity contribution in [2.75, 3.05) is 4.72 Å². The zero-order valence-corrected chi connectivity index (χ0v) is 13.6. The van der Waals surface area contributed by atoms with Crippen LogP contribution in [0.1, 0.15) is 37.4 Å². The van der Waals surface area contributed by atoms with Gasteiger partial charge in [-0.3, -0.25) is 0 Å². The van der Waals surface area contributed by atoms with Gasteiger partial charge in [-0.25, -0.2) is 4.98 Å². The van der Waals surface area contributed by atoms with Gasteiger partial charge in [-0.2, -0.15) is 0 Å². The maximum atomic E-state index is 9.31. The lowest BCUT2D eigenvalue weighted by atomic mass is 10.1. The smallest absolute Gasteiger partial charge is 0.115 e. The van der Waals surface area contributed by atoms with Crippen LogP contribution < -0.4 is 4.72 Å². The molecular weight excluding hydrogens is 306 g/mol. The molecule has 0 spiro atoms. The van der Waals surface area contributed by atoms with Crippen molar-refractivity contribution in [1.29, 1.82) is 0 Å². The molecule has 1 aliphatic rings. The molecule has 4 nitrogen and oxygen atoms in total. The van der Waals surface area contributed by atoms with Gasteiger partial charge in [-0.05, 0) is 67.3 Å². The fourth-order valence-electron chi connectivity index (χ4n) is 3.12. The Balaban J connectivity index is 1.50. The highest BCUT2D eigenvalue weighted by atomic mass is 32.2. The van der Waals surface area contributed by atoms with Crippen molar-refractivity contribution in [2.24, 2.45) is 0 Å². The van der Waals surface area contributed by atoms with Gasteiger partial charge in [0.2, 0.25) is 0 Å². The monoisotopic (exact) mass is 325 g/mol. The zero-order chi connectivity index (χ0) is 15.6. The van der Waals surface area contributed by atoms with E-state index in [4.69, 9.17) is 4.98 Å². The molecule has 1 heterocycles. The number of aromatic hydroxyl groups is 1. The Kier molecular flexibility index (Phi) is 3.87. The summed E-state index contributed by atoms with van der Waals surface area (Å²) in [7, 11) is 0. The molecule has 1 aromatic heterocycles. The van der Waals surface area contributed by atoms with Gasteiger partial charge in [0.15, 0.2) is 0 Å². The number of aromatic amines is 1. The number of aromatic nitrogens is 2. The molecule has 0 bridgehead atoms. The number of benzene rings is 2. The molecule has 0 aliphatic heterocycles. The summed E-state index contributed by atoms with van der Waals surface area (Å²) in [4.78, 5) is 9.29. The van der Waals surface area contributed by atoms with Crippen LogP contribution in [0.25, 0.3) is 11.0 Å². The molecule has 0 unspecified atom stereocenters. The number of phenols is 1. The maximum absolute atomic E-state index is 9.31. The minimum atomic E-state index is 0.285. The van der Waals surface area contributed by atoms with Gasteiger partial charge in [0.05, 0.1) is 11.0 Å². The Morgan fingerprint density at radius 2 is 1.87 bits per heavy atom. The lowest BCUT2D eigenvalue weighted by Gasteiger charge is -2.05. The van der Waals surface area contributed by atoms with Crippen molar-refractivity contribution in [3.63, 3.8) is 0 Å². The van der Waals surface area contributed by atoms with Crippen molar-refractivity contribution in [3.05, 3.63) is 48.3 Å². The predicted octanol–water partition coefficient (Wildman–Crippen LogP) is 5.05. The third-order valence-corrected chi connectivity index (χ3v) is 5.21. The molecule has 23 heavy (non-hydrogen) atoms. The molecule has 2 aromatic carbocycles. The van der Waals surface area contributed by atoms with Crippen molar-refractivity contribution in [2.45, 2.75) is 36.5 Å². The lowest BCUT2D eigenvalue weighted by Crippen LogP contribution is -1.93. The van der Waals surface area contributed by atoms with E-state index in [9.17, 15) is 5.11 Å². The summed E-state index contributed by atoms with van der Waals surface area (Å²) in [6.07, 6.45) is 5.14. The number of H-pyrrole nitrogens is 1. The van der Waals surface area contributed by atoms with Gasteiger partial charge in [0.25, 0.3) is 0 Å². The molecule has 5 heteroatoms. The second kappa shape index (κ2) is 6.16. The lowest BCUT2D eigenvalue weighted by molar-refractivity contribution is 0.475. The molecule has 0 atom stereocenters. The Hall–Kier alpha value is -2.14. The Morgan fingerprint density at radius 1 is 1.09 bits per heavy atom. The summed E-state index contributed by atoms with van der Waals surface area (Å²) in [5.74, 6) is 2.03. The zero-order valence-electron chi connectivity index (χ0n) is 12.7. The number of imidazole rings is 1. The maximum Gasteiger partial charge on any atom is 0.115 e. The van der Waals surface area contributed by atoms with Crippen LogP contribution in [-0.4, -0.2) is 15.1 Å². The number of hydrogen-bond donors (Lipinski definition) is 3. The number of fused-ring (bicyclic) bond motifs is 1. The van der Waals surface area contributed by atoms with E-state index in [1.165, 1.54) is 37.6 Å². The molecule has 1 saturated carbocycles. The molecule has 3 aromatic rings. The van der Waals surface area contributed by atoms with E-state index >= 15 is 0 Å². The van der Waals surface area contributed by atoms with E-state index in [0.717, 1.165) is 27.4 Å². The van der Waals surface area contributed by atoms with E-state index < -0.39 is 0 Å². The normalized spacial score (nSPS) is 15.3. The van der Waals surface area contributed by atoms with Crippen LogP contribution in [0.15, 0.2) is 47.4 Å². The van der Waals surface area contributed by atoms with Crippen molar-refractivity contribution in [3.8, 4) is 5.75 Å². The summed E-state index contributed by atoms with van der Waals surface area (Å²) in [5.41, 5.74) is 3.16. The first-order chi connectivity index (χ1) is 11.3. The third-order valence-electron chi connectivity index (χ3n) is 4.37. The number of nitrogens with zero attached hydrogens (tertiary/aromatic N) is 1. The van der Waals surface area contributed by atoms with Crippen LogP contribution in [0.4, 0.5) is 5.69 Å². The molecular formula is C18H19N3OS. The molecule has 1 fully saturated rings. The van der Waals surface area contributed by atoms with E-state index in [-0.39, 0.29) is 5.75 Å². The van der Waals surface area contributed by atoms with Crippen LogP contribution in [0.2, 0.25) is 0 Å². The van der Waals surface area contributed by atoms with Crippen LogP contribution in [0.5, 0.6) is 5.75 Å². The van der Waals surface area contributed by atoms with Crippen LogP contribution in [0.3, 0.4) is 0 Å². The fraction of sp³-hybridized carbons (Fsp3) is 0.278. The summed E-state index contributed by atoms with van der Waals surface area (Å²) in [5, 5.41) is 9.31. The number of anilines is 1. The van der Waals surface area contributed by atoms with Gasteiger partial charge >= 0.3 is 0 Å². The van der Waals surface area contributed by atoms with Crippen LogP contribution >= 0.6 is 11.9 Å². The van der Waals surface area contributed by atoms with Gasteiger partial charge in [-0.15, -0.1) is 0 Å². The number of hydrogen-bond acceptors (Lipinski definition) is 4. The minimum absolute atomic E-state index is 0.285. The number of nitrogens with one attached hydrogen (secondary N) is 2. The quantitative estimate of drug-likeness (QED) is 0.588. The summed E-state index contributed by atoms with van der Waals surface area (Å²) >= 11 is 1.53. The topological polar surface area (TPSA) is 60.9 Å². The highest BCUT2D eigenvalue weighted by molar-refractivity contribution is 8.00. The van der Waals surface area contributed by atoms with Gasteiger partial charge in [0, 0.05) is 16.5 Å². The van der Waals surface area contributed by atoms with Crippen molar-refractivity contribution in [1.82, 2.24) is 9.97 Å². The molecule has 0 saturated heterocycles. The SMILES string of the molecule is Oc1ccc(SNc2ccc3nc(C4CCCC4)[nH]c3c2)cc1. The van der Waals surface area contributed by atoms with E-state index in [2.05, 4.69) is 27.9 Å². The average Bonchev–Trinajstić information content (AvgIpc) is 3.23. The Morgan fingerprint density at radius 3 is 2.65 bits per heavy atom. The summed E-state index contributed by atoms with van der Waals surface area (Å²) in [6.45, 7) is 0. The Labute approximate surface area is 139 Å². The summed E-state index contributed by atoms with van der Waals surface area (Å²) in [6, 6.07) is 13.4. The average molecular weight is 325 g/mol. The first-order valence-electron chi connectivity index (χ1n) is 7.99. The second-order valence-corrected chi connectivity index (χ2v) is 6.91. The Bertz CT molecular complexity index is 807. The summed E-state index contributed by atoms with van der Waals surface area (Å²) < 4.78 is 3.34. The highest BCUT2D eigenvalue weighted by Gasteiger charge is 2.20. The predicted molar refractivity (Wildman–Crippen MR) is 94.9 cm³/mol. The fourth-order valence-corrected chi connectivity index (χ4v) is 3.75. The minimum Gasteiger partial charge on any atom is -0.508 e. The van der Waals surface area contributed by atoms with Gasteiger partial charge in [0.1, 0.15) is 11.6 Å². The number of rotatable bonds is 4. The standard InChI is InChI=1S/C18H19N3OS/c22-14-6-8-15(9-7-14)23-21-13-5-10-16-17(11-13)20-18(19-16)12-3-1-2-4-12/h5-12,21-22H,1-4H2,(H,19,20).